The van der Waals surface area contributed by atoms with Crippen LogP contribution >= 0.6 is 12.6 Å². The van der Waals surface area contributed by atoms with Gasteiger partial charge in [-0.2, -0.15) is 0 Å². The smallest absolute Gasteiger partial charge is 0.228 e. The van der Waals surface area contributed by atoms with E-state index in [4.69, 9.17) is 0 Å². The Kier molecular flexibility index (Phi) is 3.88. The zero-order valence-corrected chi connectivity index (χ0v) is 12.2. The molecule has 3 rings (SSSR count). The van der Waals surface area contributed by atoms with Crippen molar-refractivity contribution in [2.75, 3.05) is 5.32 Å². The van der Waals surface area contributed by atoms with Crippen molar-refractivity contribution in [1.82, 2.24) is 4.98 Å². The molecular weight excluding hydrogens is 280 g/mol. The predicted molar refractivity (Wildman–Crippen MR) is 87.8 cm³/mol. The van der Waals surface area contributed by atoms with E-state index in [1.54, 1.807) is 12.3 Å². The summed E-state index contributed by atoms with van der Waals surface area (Å²) < 4.78 is 0. The zero-order chi connectivity index (χ0) is 14.7. The van der Waals surface area contributed by atoms with E-state index in [-0.39, 0.29) is 5.91 Å². The largest absolute Gasteiger partial charge is 0.325 e. The van der Waals surface area contributed by atoms with Crippen LogP contribution in [0, 0.1) is 0 Å². The van der Waals surface area contributed by atoms with Crippen LogP contribution in [0.4, 0.5) is 5.69 Å². The van der Waals surface area contributed by atoms with Crippen molar-refractivity contribution in [3.63, 3.8) is 0 Å². The number of pyridine rings is 1. The highest BCUT2D eigenvalue weighted by atomic mass is 32.1. The van der Waals surface area contributed by atoms with E-state index in [2.05, 4.69) is 22.9 Å². The van der Waals surface area contributed by atoms with Gasteiger partial charge in [-0.15, -0.1) is 12.6 Å². The molecule has 1 heterocycles. The highest BCUT2D eigenvalue weighted by molar-refractivity contribution is 7.80. The van der Waals surface area contributed by atoms with Crippen molar-refractivity contribution < 1.29 is 4.79 Å². The number of amides is 1. The Morgan fingerprint density at radius 2 is 1.86 bits per heavy atom. The van der Waals surface area contributed by atoms with Crippen molar-refractivity contribution in [3.8, 4) is 0 Å². The SMILES string of the molecule is O=C(Cc1ccccc1)Nc1ccnc2c(S)cccc12. The highest BCUT2D eigenvalue weighted by Gasteiger charge is 2.08. The summed E-state index contributed by atoms with van der Waals surface area (Å²) in [6.45, 7) is 0. The lowest BCUT2D eigenvalue weighted by Crippen LogP contribution is -2.14. The number of para-hydroxylation sites is 1. The second kappa shape index (κ2) is 5.97. The molecule has 1 N–H and O–H groups in total. The van der Waals surface area contributed by atoms with Crippen molar-refractivity contribution in [2.45, 2.75) is 11.3 Å². The van der Waals surface area contributed by atoms with Crippen LogP contribution in [0.1, 0.15) is 5.56 Å². The van der Waals surface area contributed by atoms with Crippen LogP contribution < -0.4 is 5.32 Å². The third-order valence-corrected chi connectivity index (χ3v) is 3.59. The topological polar surface area (TPSA) is 42.0 Å². The van der Waals surface area contributed by atoms with Crippen LogP contribution in [0.2, 0.25) is 0 Å². The molecule has 0 aliphatic rings. The minimum absolute atomic E-state index is 0.0433. The van der Waals surface area contributed by atoms with Gasteiger partial charge in [0.15, 0.2) is 0 Å². The van der Waals surface area contributed by atoms with Crippen molar-refractivity contribution in [2.24, 2.45) is 0 Å². The second-order valence-electron chi connectivity index (χ2n) is 4.74. The molecule has 0 unspecified atom stereocenters. The fourth-order valence-corrected chi connectivity index (χ4v) is 2.51. The summed E-state index contributed by atoms with van der Waals surface area (Å²) in [5.41, 5.74) is 2.54. The number of fused-ring (bicyclic) bond motifs is 1. The van der Waals surface area contributed by atoms with Gasteiger partial charge in [0.25, 0.3) is 0 Å². The molecule has 1 amide bonds. The van der Waals surface area contributed by atoms with Gasteiger partial charge in [0.1, 0.15) is 0 Å². The number of thiol groups is 1. The summed E-state index contributed by atoms with van der Waals surface area (Å²) in [4.78, 5) is 17.3. The number of carbonyl (C=O) groups excluding carboxylic acids is 1. The lowest BCUT2D eigenvalue weighted by atomic mass is 10.1. The molecule has 21 heavy (non-hydrogen) atoms. The number of rotatable bonds is 3. The first-order valence-corrected chi connectivity index (χ1v) is 7.09. The van der Waals surface area contributed by atoms with Crippen molar-refractivity contribution in [3.05, 3.63) is 66.4 Å². The standard InChI is InChI=1S/C17H14N2OS/c20-16(11-12-5-2-1-3-6-12)19-14-9-10-18-17-13(14)7-4-8-15(17)21/h1-10,21H,11H2,(H,18,19,20). The zero-order valence-electron chi connectivity index (χ0n) is 11.3. The Labute approximate surface area is 128 Å². The average molecular weight is 294 g/mol. The summed E-state index contributed by atoms with van der Waals surface area (Å²) in [5.74, 6) is -0.0433. The minimum Gasteiger partial charge on any atom is -0.325 e. The maximum atomic E-state index is 12.2. The molecule has 0 saturated carbocycles. The van der Waals surface area contributed by atoms with Gasteiger partial charge in [-0.3, -0.25) is 9.78 Å². The first-order valence-electron chi connectivity index (χ1n) is 6.64. The van der Waals surface area contributed by atoms with Gasteiger partial charge in [-0.1, -0.05) is 42.5 Å². The molecule has 0 fully saturated rings. The molecular formula is C17H14N2OS. The van der Waals surface area contributed by atoms with E-state index in [9.17, 15) is 4.79 Å². The maximum absolute atomic E-state index is 12.2. The Hall–Kier alpha value is -2.33. The number of nitrogens with zero attached hydrogens (tertiary/aromatic N) is 1. The fraction of sp³-hybridized carbons (Fsp3) is 0.0588. The third kappa shape index (κ3) is 3.06. The maximum Gasteiger partial charge on any atom is 0.228 e. The lowest BCUT2D eigenvalue weighted by Gasteiger charge is -2.09. The quantitative estimate of drug-likeness (QED) is 0.723. The molecule has 2 aromatic carbocycles. The van der Waals surface area contributed by atoms with E-state index in [1.807, 2.05) is 48.5 Å². The van der Waals surface area contributed by atoms with E-state index >= 15 is 0 Å². The number of aromatic nitrogens is 1. The number of hydrogen-bond donors (Lipinski definition) is 2. The Morgan fingerprint density at radius 1 is 1.05 bits per heavy atom. The molecule has 4 heteroatoms. The van der Waals surface area contributed by atoms with E-state index in [0.29, 0.717) is 6.42 Å². The summed E-state index contributed by atoms with van der Waals surface area (Å²) in [6.07, 6.45) is 2.03. The van der Waals surface area contributed by atoms with Crippen LogP contribution in [-0.2, 0) is 11.2 Å². The normalized spacial score (nSPS) is 10.5. The van der Waals surface area contributed by atoms with Gasteiger partial charge in [-0.25, -0.2) is 0 Å². The molecule has 3 nitrogen and oxygen atoms in total. The van der Waals surface area contributed by atoms with Crippen LogP contribution in [0.3, 0.4) is 0 Å². The third-order valence-electron chi connectivity index (χ3n) is 3.23. The van der Waals surface area contributed by atoms with E-state index in [1.165, 1.54) is 0 Å². The monoisotopic (exact) mass is 294 g/mol. The molecule has 104 valence electrons. The first kappa shape index (κ1) is 13.6. The Balaban J connectivity index is 1.85. The highest BCUT2D eigenvalue weighted by Crippen LogP contribution is 2.26. The van der Waals surface area contributed by atoms with Crippen LogP contribution in [0.15, 0.2) is 65.7 Å². The number of nitrogens with one attached hydrogen (secondary N) is 1. The molecule has 0 radical (unpaired) electrons. The van der Waals surface area contributed by atoms with Gasteiger partial charge in [0.2, 0.25) is 5.91 Å². The second-order valence-corrected chi connectivity index (χ2v) is 5.22. The van der Waals surface area contributed by atoms with Gasteiger partial charge < -0.3 is 5.32 Å². The number of hydrogen-bond acceptors (Lipinski definition) is 3. The molecule has 0 aliphatic carbocycles. The molecule has 0 aliphatic heterocycles. The van der Waals surface area contributed by atoms with Gasteiger partial charge >= 0.3 is 0 Å². The molecule has 0 bridgehead atoms. The predicted octanol–water partition coefficient (Wildman–Crippen LogP) is 3.70. The van der Waals surface area contributed by atoms with Crippen molar-refractivity contribution >= 4 is 35.1 Å². The van der Waals surface area contributed by atoms with E-state index < -0.39 is 0 Å². The first-order chi connectivity index (χ1) is 10.2. The molecule has 3 aromatic rings. The van der Waals surface area contributed by atoms with Crippen LogP contribution in [-0.4, -0.2) is 10.9 Å². The molecule has 0 saturated heterocycles. The number of benzene rings is 2. The van der Waals surface area contributed by atoms with Crippen LogP contribution in [0.25, 0.3) is 10.9 Å². The average Bonchev–Trinajstić information content (AvgIpc) is 2.49. The van der Waals surface area contributed by atoms with Gasteiger partial charge in [0.05, 0.1) is 17.6 Å². The Bertz CT molecular complexity index is 787. The lowest BCUT2D eigenvalue weighted by molar-refractivity contribution is -0.115. The number of anilines is 1. The molecule has 0 spiro atoms. The van der Waals surface area contributed by atoms with Crippen LogP contribution in [0.5, 0.6) is 0 Å². The Morgan fingerprint density at radius 3 is 2.67 bits per heavy atom. The summed E-state index contributed by atoms with van der Waals surface area (Å²) in [5, 5.41) is 3.84. The molecule has 0 atom stereocenters. The number of carbonyl (C=O) groups is 1. The minimum atomic E-state index is -0.0433. The van der Waals surface area contributed by atoms with Crippen molar-refractivity contribution in [1.29, 1.82) is 0 Å². The summed E-state index contributed by atoms with van der Waals surface area (Å²) in [7, 11) is 0. The van der Waals surface area contributed by atoms with Gasteiger partial charge in [-0.05, 0) is 17.7 Å². The van der Waals surface area contributed by atoms with Gasteiger partial charge in [0, 0.05) is 16.5 Å². The van der Waals surface area contributed by atoms with E-state index in [0.717, 1.165) is 27.0 Å². The summed E-state index contributed by atoms with van der Waals surface area (Å²) in [6, 6.07) is 17.2. The summed E-state index contributed by atoms with van der Waals surface area (Å²) >= 11 is 4.39. The molecule has 1 aromatic heterocycles. The fourth-order valence-electron chi connectivity index (χ4n) is 2.25.